The molecule has 1 fully saturated rings. The molecule has 0 aliphatic carbocycles. The van der Waals surface area contributed by atoms with Crippen LogP contribution in [0.1, 0.15) is 35.3 Å². The highest BCUT2D eigenvalue weighted by Crippen LogP contribution is 2.35. The minimum absolute atomic E-state index is 0.120. The summed E-state index contributed by atoms with van der Waals surface area (Å²) < 4.78 is 39.2. The summed E-state index contributed by atoms with van der Waals surface area (Å²) in [5.41, 5.74) is -0.744. The molecule has 0 spiro atoms. The molecule has 1 aliphatic rings. The zero-order valence-corrected chi connectivity index (χ0v) is 13.4. The van der Waals surface area contributed by atoms with Gasteiger partial charge in [0.15, 0.2) is 0 Å². The number of rotatable bonds is 3. The molecule has 2 aromatic rings. The smallest absolute Gasteiger partial charge is 0.340 e. The number of carbonyl (C=O) groups excluding carboxylic acids is 1. The number of nitrogens with zero attached hydrogens (tertiary/aromatic N) is 3. The van der Waals surface area contributed by atoms with Gasteiger partial charge in [-0.15, -0.1) is 0 Å². The van der Waals surface area contributed by atoms with Crippen LogP contribution in [0.25, 0.3) is 0 Å². The normalized spacial score (nSPS) is 15.1. The van der Waals surface area contributed by atoms with Gasteiger partial charge in [0.05, 0.1) is 11.3 Å². The molecule has 1 aromatic carbocycles. The molecule has 8 heteroatoms. The molecule has 3 rings (SSSR count). The van der Waals surface area contributed by atoms with Gasteiger partial charge in [-0.1, -0.05) is 12.1 Å². The van der Waals surface area contributed by atoms with Crippen molar-refractivity contribution in [2.24, 2.45) is 0 Å². The number of halogens is 3. The van der Waals surface area contributed by atoms with Gasteiger partial charge in [-0.2, -0.15) is 13.2 Å². The number of piperidine rings is 1. The van der Waals surface area contributed by atoms with E-state index in [1.807, 2.05) is 0 Å². The Balaban J connectivity index is 1.82. The fourth-order valence-electron chi connectivity index (χ4n) is 2.78. The molecule has 25 heavy (non-hydrogen) atoms. The van der Waals surface area contributed by atoms with Crippen molar-refractivity contribution in [2.45, 2.75) is 25.4 Å². The Bertz CT molecular complexity index is 758. The Morgan fingerprint density at radius 2 is 1.80 bits per heavy atom. The molecule has 1 saturated heterocycles. The lowest BCUT2D eigenvalue weighted by Crippen LogP contribution is -2.36. The molecule has 1 aliphatic heterocycles. The largest absolute Gasteiger partial charge is 0.418 e. The molecule has 0 atom stereocenters. The van der Waals surface area contributed by atoms with Gasteiger partial charge >= 0.3 is 6.18 Å². The van der Waals surface area contributed by atoms with Crippen LogP contribution in [0.5, 0.6) is 0 Å². The second kappa shape index (κ2) is 7.08. The average molecular weight is 350 g/mol. The first-order chi connectivity index (χ1) is 11.9. The number of hydrogen-bond acceptors (Lipinski definition) is 4. The van der Waals surface area contributed by atoms with E-state index in [-0.39, 0.29) is 23.1 Å². The van der Waals surface area contributed by atoms with E-state index >= 15 is 0 Å². The van der Waals surface area contributed by atoms with E-state index in [4.69, 9.17) is 0 Å². The van der Waals surface area contributed by atoms with E-state index in [0.29, 0.717) is 13.1 Å². The second-order valence-corrected chi connectivity index (χ2v) is 5.81. The molecule has 2 heterocycles. The molecule has 1 amide bonds. The van der Waals surface area contributed by atoms with Crippen LogP contribution in [-0.2, 0) is 6.18 Å². The van der Waals surface area contributed by atoms with Crippen LogP contribution in [0.4, 0.5) is 24.7 Å². The van der Waals surface area contributed by atoms with Gasteiger partial charge in [-0.05, 0) is 31.4 Å². The van der Waals surface area contributed by atoms with E-state index in [1.54, 1.807) is 4.90 Å². The standard InChI is InChI=1S/C17H17F3N4O/c18-17(19,20)12-6-2-3-7-13(12)23-15-10-14(21-11-22-15)16(25)24-8-4-1-5-9-24/h2-3,6-7,10-11H,1,4-5,8-9H2,(H,21,22,23). The second-order valence-electron chi connectivity index (χ2n) is 5.81. The van der Waals surface area contributed by atoms with Crippen LogP contribution < -0.4 is 5.32 Å². The maximum atomic E-state index is 13.1. The van der Waals surface area contributed by atoms with Crippen LogP contribution >= 0.6 is 0 Å². The molecular weight excluding hydrogens is 333 g/mol. The van der Waals surface area contributed by atoms with E-state index < -0.39 is 11.7 Å². The van der Waals surface area contributed by atoms with Gasteiger partial charge in [0.2, 0.25) is 0 Å². The van der Waals surface area contributed by atoms with Gasteiger partial charge < -0.3 is 10.2 Å². The van der Waals surface area contributed by atoms with Crippen molar-refractivity contribution >= 4 is 17.4 Å². The maximum Gasteiger partial charge on any atom is 0.418 e. The van der Waals surface area contributed by atoms with Crippen molar-refractivity contribution in [3.63, 3.8) is 0 Å². The lowest BCUT2D eigenvalue weighted by molar-refractivity contribution is -0.136. The molecule has 0 saturated carbocycles. The summed E-state index contributed by atoms with van der Waals surface area (Å²) in [7, 11) is 0. The predicted octanol–water partition coefficient (Wildman–Crippen LogP) is 3.87. The molecular formula is C17H17F3N4O. The Morgan fingerprint density at radius 3 is 2.52 bits per heavy atom. The Hall–Kier alpha value is -2.64. The van der Waals surface area contributed by atoms with Crippen molar-refractivity contribution in [3.05, 3.63) is 47.9 Å². The first-order valence-corrected chi connectivity index (χ1v) is 8.00. The summed E-state index contributed by atoms with van der Waals surface area (Å²) in [5.74, 6) is -0.0821. The van der Waals surface area contributed by atoms with Crippen LogP contribution in [0.3, 0.4) is 0 Å². The highest BCUT2D eigenvalue weighted by atomic mass is 19.4. The van der Waals surface area contributed by atoms with Crippen LogP contribution in [-0.4, -0.2) is 33.9 Å². The highest BCUT2D eigenvalue weighted by molar-refractivity contribution is 5.93. The number of anilines is 2. The van der Waals surface area contributed by atoms with Gasteiger partial charge in [0.1, 0.15) is 17.8 Å². The fraction of sp³-hybridized carbons (Fsp3) is 0.353. The maximum absolute atomic E-state index is 13.1. The first kappa shape index (κ1) is 17.2. The van der Waals surface area contributed by atoms with Crippen molar-refractivity contribution in [3.8, 4) is 0 Å². The quantitative estimate of drug-likeness (QED) is 0.913. The van der Waals surface area contributed by atoms with Crippen LogP contribution in [0, 0.1) is 0 Å². The predicted molar refractivity (Wildman–Crippen MR) is 86.5 cm³/mol. The van der Waals surface area contributed by atoms with Gasteiger partial charge in [-0.25, -0.2) is 9.97 Å². The summed E-state index contributed by atoms with van der Waals surface area (Å²) in [4.78, 5) is 22.1. The van der Waals surface area contributed by atoms with Crippen LogP contribution in [0.2, 0.25) is 0 Å². The topological polar surface area (TPSA) is 58.1 Å². The minimum Gasteiger partial charge on any atom is -0.340 e. The van der Waals surface area contributed by atoms with Gasteiger partial charge in [-0.3, -0.25) is 4.79 Å². The third kappa shape index (κ3) is 4.07. The van der Waals surface area contributed by atoms with Crippen molar-refractivity contribution in [1.82, 2.24) is 14.9 Å². The highest BCUT2D eigenvalue weighted by Gasteiger charge is 2.33. The van der Waals surface area contributed by atoms with Gasteiger partial charge in [0, 0.05) is 19.2 Å². The third-order valence-corrected chi connectivity index (χ3v) is 4.02. The zero-order chi connectivity index (χ0) is 17.9. The Labute approximate surface area is 142 Å². The number of amides is 1. The molecule has 0 bridgehead atoms. The summed E-state index contributed by atoms with van der Waals surface area (Å²) in [6.45, 7) is 1.34. The molecule has 132 valence electrons. The summed E-state index contributed by atoms with van der Waals surface area (Å²) in [5, 5.41) is 2.64. The Kier molecular flexibility index (Phi) is 4.87. The first-order valence-electron chi connectivity index (χ1n) is 8.00. The van der Waals surface area contributed by atoms with Crippen molar-refractivity contribution < 1.29 is 18.0 Å². The molecule has 1 N–H and O–H groups in total. The zero-order valence-electron chi connectivity index (χ0n) is 13.4. The average Bonchev–Trinajstić information content (AvgIpc) is 2.62. The number of aromatic nitrogens is 2. The number of likely N-dealkylation sites (tertiary alicyclic amines) is 1. The minimum atomic E-state index is -4.48. The number of hydrogen-bond donors (Lipinski definition) is 1. The summed E-state index contributed by atoms with van der Waals surface area (Å²) in [6.07, 6.45) is -0.324. The van der Waals surface area contributed by atoms with Crippen LogP contribution in [0.15, 0.2) is 36.7 Å². The van der Waals surface area contributed by atoms with Gasteiger partial charge in [0.25, 0.3) is 5.91 Å². The molecule has 5 nitrogen and oxygen atoms in total. The van der Waals surface area contributed by atoms with E-state index in [0.717, 1.165) is 25.3 Å². The van der Waals surface area contributed by atoms with E-state index in [9.17, 15) is 18.0 Å². The van der Waals surface area contributed by atoms with E-state index in [2.05, 4.69) is 15.3 Å². The lowest BCUT2D eigenvalue weighted by Gasteiger charge is -2.26. The molecule has 0 radical (unpaired) electrons. The van der Waals surface area contributed by atoms with E-state index in [1.165, 1.54) is 30.6 Å². The SMILES string of the molecule is O=C(c1cc(Nc2ccccc2C(F)(F)F)ncn1)N1CCCCC1. The summed E-state index contributed by atoms with van der Waals surface area (Å²) >= 11 is 0. The molecule has 1 aromatic heterocycles. The molecule has 0 unspecified atom stereocenters. The number of alkyl halides is 3. The van der Waals surface area contributed by atoms with Crippen molar-refractivity contribution in [2.75, 3.05) is 18.4 Å². The number of nitrogens with one attached hydrogen (secondary N) is 1. The monoisotopic (exact) mass is 350 g/mol. The fourth-order valence-corrected chi connectivity index (χ4v) is 2.78. The summed E-state index contributed by atoms with van der Waals surface area (Å²) in [6, 6.07) is 6.50. The van der Waals surface area contributed by atoms with Crippen molar-refractivity contribution in [1.29, 1.82) is 0 Å². The lowest BCUT2D eigenvalue weighted by atomic mass is 10.1. The Morgan fingerprint density at radius 1 is 1.08 bits per heavy atom. The number of para-hydroxylation sites is 1. The third-order valence-electron chi connectivity index (χ3n) is 4.02. The number of carbonyl (C=O) groups is 1. The number of benzene rings is 1.